The summed E-state index contributed by atoms with van der Waals surface area (Å²) in [4.78, 5) is 19.7. The molecule has 32 heavy (non-hydrogen) atoms. The number of anilines is 1. The molecular formula is C24H30N6O2. The second-order valence-corrected chi connectivity index (χ2v) is 8.52. The Morgan fingerprint density at radius 1 is 1.22 bits per heavy atom. The van der Waals surface area contributed by atoms with Crippen molar-refractivity contribution >= 4 is 11.7 Å². The lowest BCUT2D eigenvalue weighted by molar-refractivity contribution is 0.0300. The van der Waals surface area contributed by atoms with Gasteiger partial charge in [0.2, 0.25) is 0 Å². The standard InChI is InChI=1S/C24H30N6O2/c1-16(2)30-13-21(22(14-30)32-15-17-7-5-4-6-8-17)28-24(31)20-9-18(10-26-23(20)25)19-11-27-29(3)12-19/h4-12,16,21-22H,13-15H2,1-3H3,(H2,25,26)(H,28,31)/t21-,22-/m0/s1. The molecule has 4 rings (SSSR count). The second kappa shape index (κ2) is 9.50. The minimum absolute atomic E-state index is 0.114. The maximum atomic E-state index is 13.2. The van der Waals surface area contributed by atoms with Gasteiger partial charge < -0.3 is 15.8 Å². The summed E-state index contributed by atoms with van der Waals surface area (Å²) in [5.41, 5.74) is 9.20. The third-order valence-corrected chi connectivity index (χ3v) is 5.85. The van der Waals surface area contributed by atoms with Gasteiger partial charge in [0.05, 0.1) is 30.5 Å². The molecule has 1 aliphatic heterocycles. The number of carbonyl (C=O) groups is 1. The van der Waals surface area contributed by atoms with Gasteiger partial charge in [0.15, 0.2) is 0 Å². The summed E-state index contributed by atoms with van der Waals surface area (Å²) in [6, 6.07) is 12.0. The Balaban J connectivity index is 1.49. The third kappa shape index (κ3) is 4.98. The zero-order valence-electron chi connectivity index (χ0n) is 18.7. The van der Waals surface area contributed by atoms with Crippen molar-refractivity contribution in [2.45, 2.75) is 38.6 Å². The maximum Gasteiger partial charge on any atom is 0.255 e. The largest absolute Gasteiger partial charge is 0.383 e. The van der Waals surface area contributed by atoms with E-state index in [0.29, 0.717) is 18.2 Å². The molecule has 3 aromatic rings. The third-order valence-electron chi connectivity index (χ3n) is 5.85. The van der Waals surface area contributed by atoms with Crippen molar-refractivity contribution in [3.05, 3.63) is 66.1 Å². The van der Waals surface area contributed by atoms with Crippen LogP contribution in [-0.4, -0.2) is 56.8 Å². The number of rotatable bonds is 7. The highest BCUT2D eigenvalue weighted by atomic mass is 16.5. The van der Waals surface area contributed by atoms with Crippen LogP contribution in [0.1, 0.15) is 29.8 Å². The maximum absolute atomic E-state index is 13.2. The van der Waals surface area contributed by atoms with Gasteiger partial charge in [0.1, 0.15) is 5.82 Å². The van der Waals surface area contributed by atoms with E-state index in [2.05, 4.69) is 34.1 Å². The van der Waals surface area contributed by atoms with Crippen LogP contribution in [0.4, 0.5) is 5.82 Å². The van der Waals surface area contributed by atoms with Crippen LogP contribution >= 0.6 is 0 Å². The number of likely N-dealkylation sites (tertiary alicyclic amines) is 1. The summed E-state index contributed by atoms with van der Waals surface area (Å²) in [6.45, 7) is 6.29. The van der Waals surface area contributed by atoms with Crippen LogP contribution in [-0.2, 0) is 18.4 Å². The van der Waals surface area contributed by atoms with Crippen molar-refractivity contribution in [3.8, 4) is 11.1 Å². The van der Waals surface area contributed by atoms with Crippen molar-refractivity contribution in [2.75, 3.05) is 18.8 Å². The number of nitrogens with one attached hydrogen (secondary N) is 1. The number of hydrogen-bond acceptors (Lipinski definition) is 6. The molecule has 1 amide bonds. The number of aromatic nitrogens is 3. The number of nitrogen functional groups attached to an aromatic ring is 1. The van der Waals surface area contributed by atoms with E-state index in [-0.39, 0.29) is 23.9 Å². The lowest BCUT2D eigenvalue weighted by Crippen LogP contribution is -2.44. The fourth-order valence-corrected chi connectivity index (χ4v) is 3.94. The molecule has 2 aromatic heterocycles. The lowest BCUT2D eigenvalue weighted by Gasteiger charge is -2.21. The molecule has 0 aliphatic carbocycles. The Hall–Kier alpha value is -3.23. The van der Waals surface area contributed by atoms with E-state index in [4.69, 9.17) is 10.5 Å². The van der Waals surface area contributed by atoms with Crippen molar-refractivity contribution in [1.29, 1.82) is 0 Å². The Labute approximate surface area is 188 Å². The monoisotopic (exact) mass is 434 g/mol. The normalized spacial score (nSPS) is 18.9. The fourth-order valence-electron chi connectivity index (χ4n) is 3.94. The lowest BCUT2D eigenvalue weighted by atomic mass is 10.1. The molecular weight excluding hydrogens is 404 g/mol. The molecule has 1 aliphatic rings. The van der Waals surface area contributed by atoms with Gasteiger partial charge in [-0.3, -0.25) is 14.4 Å². The van der Waals surface area contributed by atoms with Crippen molar-refractivity contribution in [2.24, 2.45) is 7.05 Å². The van der Waals surface area contributed by atoms with Gasteiger partial charge >= 0.3 is 0 Å². The first-order chi connectivity index (χ1) is 15.4. The summed E-state index contributed by atoms with van der Waals surface area (Å²) in [7, 11) is 1.85. The average molecular weight is 435 g/mol. The van der Waals surface area contributed by atoms with Gasteiger partial charge in [-0.05, 0) is 25.5 Å². The predicted molar refractivity (Wildman–Crippen MR) is 124 cm³/mol. The van der Waals surface area contributed by atoms with Crippen molar-refractivity contribution in [3.63, 3.8) is 0 Å². The van der Waals surface area contributed by atoms with Gasteiger partial charge in [0, 0.05) is 49.7 Å². The molecule has 3 heterocycles. The van der Waals surface area contributed by atoms with Crippen molar-refractivity contribution < 1.29 is 9.53 Å². The first kappa shape index (κ1) is 22.0. The number of nitrogens with zero attached hydrogens (tertiary/aromatic N) is 4. The summed E-state index contributed by atoms with van der Waals surface area (Å²) in [5.74, 6) is -0.0414. The molecule has 8 heteroatoms. The van der Waals surface area contributed by atoms with Crippen LogP contribution in [0.25, 0.3) is 11.1 Å². The molecule has 0 bridgehead atoms. The van der Waals surface area contributed by atoms with Crippen LogP contribution in [0.15, 0.2) is 55.0 Å². The molecule has 0 radical (unpaired) electrons. The molecule has 1 saturated heterocycles. The van der Waals surface area contributed by atoms with E-state index < -0.39 is 0 Å². The number of carbonyl (C=O) groups excluding carboxylic acids is 1. The second-order valence-electron chi connectivity index (χ2n) is 8.52. The predicted octanol–water partition coefficient (Wildman–Crippen LogP) is 2.47. The van der Waals surface area contributed by atoms with Crippen LogP contribution in [0, 0.1) is 0 Å². The minimum atomic E-state index is -0.246. The Morgan fingerprint density at radius 3 is 2.69 bits per heavy atom. The quantitative estimate of drug-likeness (QED) is 0.593. The Kier molecular flexibility index (Phi) is 6.53. The number of amides is 1. The SMILES string of the molecule is CC(C)N1C[C@H](NC(=O)c2cc(-c3cnn(C)c3)cnc2N)[C@@H](OCc2ccccc2)C1. The van der Waals surface area contributed by atoms with Crippen LogP contribution in [0.3, 0.4) is 0 Å². The first-order valence-corrected chi connectivity index (χ1v) is 10.9. The topological polar surface area (TPSA) is 98.3 Å². The number of nitrogens with two attached hydrogens (primary N) is 1. The highest BCUT2D eigenvalue weighted by molar-refractivity contribution is 5.99. The number of aryl methyl sites for hydroxylation is 1. The van der Waals surface area contributed by atoms with E-state index in [1.165, 1.54) is 0 Å². The smallest absolute Gasteiger partial charge is 0.255 e. The highest BCUT2D eigenvalue weighted by Gasteiger charge is 2.36. The summed E-state index contributed by atoms with van der Waals surface area (Å²) >= 11 is 0. The van der Waals surface area contributed by atoms with Gasteiger partial charge in [-0.2, -0.15) is 5.10 Å². The van der Waals surface area contributed by atoms with E-state index in [0.717, 1.165) is 29.8 Å². The van der Waals surface area contributed by atoms with Crippen LogP contribution in [0.5, 0.6) is 0 Å². The molecule has 3 N–H and O–H groups in total. The molecule has 0 unspecified atom stereocenters. The highest BCUT2D eigenvalue weighted by Crippen LogP contribution is 2.23. The zero-order valence-corrected chi connectivity index (χ0v) is 18.7. The van der Waals surface area contributed by atoms with Gasteiger partial charge in [-0.1, -0.05) is 30.3 Å². The number of hydrogen-bond donors (Lipinski definition) is 2. The van der Waals surface area contributed by atoms with Crippen molar-refractivity contribution in [1.82, 2.24) is 25.0 Å². The van der Waals surface area contributed by atoms with Gasteiger partial charge in [-0.15, -0.1) is 0 Å². The summed E-state index contributed by atoms with van der Waals surface area (Å²) in [5, 5.41) is 7.33. The summed E-state index contributed by atoms with van der Waals surface area (Å²) in [6.07, 6.45) is 5.15. The van der Waals surface area contributed by atoms with Gasteiger partial charge in [-0.25, -0.2) is 4.98 Å². The van der Waals surface area contributed by atoms with E-state index in [9.17, 15) is 4.79 Å². The molecule has 0 spiro atoms. The number of pyridine rings is 1. The van der Waals surface area contributed by atoms with Crippen LogP contribution in [0.2, 0.25) is 0 Å². The first-order valence-electron chi connectivity index (χ1n) is 10.9. The molecule has 1 fully saturated rings. The van der Waals surface area contributed by atoms with E-state index >= 15 is 0 Å². The molecule has 1 aromatic carbocycles. The van der Waals surface area contributed by atoms with Gasteiger partial charge in [0.25, 0.3) is 5.91 Å². The van der Waals surface area contributed by atoms with E-state index in [1.54, 1.807) is 23.1 Å². The molecule has 2 atom stereocenters. The zero-order chi connectivity index (χ0) is 22.7. The van der Waals surface area contributed by atoms with Crippen LogP contribution < -0.4 is 11.1 Å². The number of benzene rings is 1. The average Bonchev–Trinajstić information content (AvgIpc) is 3.39. The Bertz CT molecular complexity index is 1070. The minimum Gasteiger partial charge on any atom is -0.383 e. The fraction of sp³-hybridized carbons (Fsp3) is 0.375. The molecule has 168 valence electrons. The Morgan fingerprint density at radius 2 is 2.00 bits per heavy atom. The molecule has 8 nitrogen and oxygen atoms in total. The molecule has 0 saturated carbocycles. The number of ether oxygens (including phenoxy) is 1. The summed E-state index contributed by atoms with van der Waals surface area (Å²) < 4.78 is 7.94. The van der Waals surface area contributed by atoms with E-state index in [1.807, 2.05) is 43.6 Å².